The van der Waals surface area contributed by atoms with Gasteiger partial charge in [-0.1, -0.05) is 6.07 Å². The van der Waals surface area contributed by atoms with Crippen LogP contribution in [0.5, 0.6) is 5.88 Å². The number of fused-ring (bicyclic) bond motifs is 1. The molecule has 0 saturated carbocycles. The van der Waals surface area contributed by atoms with Crippen molar-refractivity contribution in [2.75, 3.05) is 44.8 Å². The van der Waals surface area contributed by atoms with Crippen molar-refractivity contribution < 1.29 is 14.3 Å². The first-order valence-corrected chi connectivity index (χ1v) is 9.43. The quantitative estimate of drug-likeness (QED) is 0.610. The van der Waals surface area contributed by atoms with E-state index in [1.807, 2.05) is 18.2 Å². The Labute approximate surface area is 162 Å². The van der Waals surface area contributed by atoms with Crippen LogP contribution in [0, 0.1) is 0 Å². The standard InChI is InChI=1S/C20H23N5O3/c26-20(23-17-4-1-2-7-21-17)15-14-22-16-5-6-18(24-19(15)16)28-11-3-8-25-9-12-27-13-10-25/h1-2,4-7,14,22H,3,8-13H2,(H,21,23,26). The predicted molar refractivity (Wildman–Crippen MR) is 106 cm³/mol. The lowest BCUT2D eigenvalue weighted by molar-refractivity contribution is 0.0357. The molecule has 0 unspecified atom stereocenters. The number of H-pyrrole nitrogens is 1. The molecule has 146 valence electrons. The number of rotatable bonds is 7. The highest BCUT2D eigenvalue weighted by Crippen LogP contribution is 2.21. The zero-order valence-electron chi connectivity index (χ0n) is 15.6. The zero-order chi connectivity index (χ0) is 19.2. The number of nitrogens with zero attached hydrogens (tertiary/aromatic N) is 3. The summed E-state index contributed by atoms with van der Waals surface area (Å²) in [5.41, 5.74) is 1.82. The number of anilines is 1. The lowest BCUT2D eigenvalue weighted by Crippen LogP contribution is -2.37. The number of amides is 1. The summed E-state index contributed by atoms with van der Waals surface area (Å²) in [6.07, 6.45) is 4.20. The summed E-state index contributed by atoms with van der Waals surface area (Å²) >= 11 is 0. The molecule has 2 N–H and O–H groups in total. The smallest absolute Gasteiger partial charge is 0.260 e. The van der Waals surface area contributed by atoms with Crippen LogP contribution in [-0.2, 0) is 4.74 Å². The van der Waals surface area contributed by atoms with Crippen molar-refractivity contribution in [2.24, 2.45) is 0 Å². The average molecular weight is 381 g/mol. The van der Waals surface area contributed by atoms with Crippen molar-refractivity contribution in [1.82, 2.24) is 19.9 Å². The molecule has 8 nitrogen and oxygen atoms in total. The van der Waals surface area contributed by atoms with Crippen molar-refractivity contribution in [3.63, 3.8) is 0 Å². The van der Waals surface area contributed by atoms with E-state index in [0.29, 0.717) is 29.4 Å². The maximum atomic E-state index is 12.6. The molecule has 4 heterocycles. The number of aromatic amines is 1. The maximum Gasteiger partial charge on any atom is 0.260 e. The normalized spacial score (nSPS) is 14.9. The van der Waals surface area contributed by atoms with E-state index in [0.717, 1.165) is 44.8 Å². The SMILES string of the molecule is O=C(Nc1ccccn1)c1c[nH]c2ccc(OCCCN3CCOCC3)nc12. The number of ether oxygens (including phenoxy) is 2. The zero-order valence-corrected chi connectivity index (χ0v) is 15.6. The van der Waals surface area contributed by atoms with Gasteiger partial charge >= 0.3 is 0 Å². The molecule has 0 bridgehead atoms. The summed E-state index contributed by atoms with van der Waals surface area (Å²) < 4.78 is 11.2. The largest absolute Gasteiger partial charge is 0.478 e. The first-order chi connectivity index (χ1) is 13.8. The molecule has 0 aromatic carbocycles. The van der Waals surface area contributed by atoms with Crippen molar-refractivity contribution in [3.05, 3.63) is 48.3 Å². The van der Waals surface area contributed by atoms with Gasteiger partial charge in [-0.05, 0) is 24.6 Å². The third-order valence-electron chi connectivity index (χ3n) is 4.62. The third kappa shape index (κ3) is 4.47. The lowest BCUT2D eigenvalue weighted by Gasteiger charge is -2.26. The van der Waals surface area contributed by atoms with Crippen molar-refractivity contribution >= 4 is 22.8 Å². The Morgan fingerprint density at radius 3 is 2.96 bits per heavy atom. The third-order valence-corrected chi connectivity index (χ3v) is 4.62. The van der Waals surface area contributed by atoms with E-state index in [1.54, 1.807) is 24.5 Å². The fourth-order valence-corrected chi connectivity index (χ4v) is 3.14. The van der Waals surface area contributed by atoms with Crippen LogP contribution in [0.3, 0.4) is 0 Å². The van der Waals surface area contributed by atoms with Crippen LogP contribution < -0.4 is 10.1 Å². The highest BCUT2D eigenvalue weighted by atomic mass is 16.5. The first-order valence-electron chi connectivity index (χ1n) is 9.43. The number of hydrogen-bond donors (Lipinski definition) is 2. The summed E-state index contributed by atoms with van der Waals surface area (Å²) in [6, 6.07) is 9.04. The Bertz CT molecular complexity index is 922. The van der Waals surface area contributed by atoms with Gasteiger partial charge in [0.2, 0.25) is 5.88 Å². The van der Waals surface area contributed by atoms with Gasteiger partial charge in [0.05, 0.1) is 30.9 Å². The second-order valence-electron chi connectivity index (χ2n) is 6.57. The molecule has 0 aliphatic carbocycles. The summed E-state index contributed by atoms with van der Waals surface area (Å²) in [5.74, 6) is 0.750. The summed E-state index contributed by atoms with van der Waals surface area (Å²) in [5, 5.41) is 2.78. The highest BCUT2D eigenvalue weighted by molar-refractivity contribution is 6.11. The van der Waals surface area contributed by atoms with Crippen LogP contribution in [0.15, 0.2) is 42.7 Å². The van der Waals surface area contributed by atoms with Gasteiger partial charge in [0.25, 0.3) is 5.91 Å². The number of hydrogen-bond acceptors (Lipinski definition) is 6. The Morgan fingerprint density at radius 1 is 1.25 bits per heavy atom. The van der Waals surface area contributed by atoms with Gasteiger partial charge in [-0.3, -0.25) is 9.69 Å². The van der Waals surface area contributed by atoms with Gasteiger partial charge in [-0.15, -0.1) is 0 Å². The number of pyridine rings is 2. The molecule has 28 heavy (non-hydrogen) atoms. The second kappa shape index (κ2) is 8.81. The number of morpholine rings is 1. The summed E-state index contributed by atoms with van der Waals surface area (Å²) in [7, 11) is 0. The number of carbonyl (C=O) groups is 1. The van der Waals surface area contributed by atoms with Crippen LogP contribution in [0.2, 0.25) is 0 Å². The average Bonchev–Trinajstić information content (AvgIpc) is 3.16. The van der Waals surface area contributed by atoms with Gasteiger partial charge < -0.3 is 19.8 Å². The number of aromatic nitrogens is 3. The fraction of sp³-hybridized carbons (Fsp3) is 0.350. The Hall–Kier alpha value is -2.97. The molecule has 3 aromatic heterocycles. The highest BCUT2D eigenvalue weighted by Gasteiger charge is 2.15. The van der Waals surface area contributed by atoms with Crippen LogP contribution in [0.1, 0.15) is 16.8 Å². The van der Waals surface area contributed by atoms with Crippen molar-refractivity contribution in [3.8, 4) is 5.88 Å². The molecule has 4 rings (SSSR count). The summed E-state index contributed by atoms with van der Waals surface area (Å²) in [6.45, 7) is 5.11. The van der Waals surface area contributed by atoms with Crippen LogP contribution in [-0.4, -0.2) is 65.2 Å². The number of nitrogens with one attached hydrogen (secondary N) is 2. The second-order valence-corrected chi connectivity index (χ2v) is 6.57. The first kappa shape index (κ1) is 18.4. The number of carbonyl (C=O) groups excluding carboxylic acids is 1. The molecule has 1 fully saturated rings. The fourth-order valence-electron chi connectivity index (χ4n) is 3.14. The Kier molecular flexibility index (Phi) is 5.79. The molecule has 1 aliphatic heterocycles. The topological polar surface area (TPSA) is 92.4 Å². The maximum absolute atomic E-state index is 12.6. The minimum atomic E-state index is -0.262. The molecule has 1 aliphatic rings. The molecule has 8 heteroatoms. The van der Waals surface area contributed by atoms with Gasteiger partial charge in [-0.25, -0.2) is 9.97 Å². The van der Waals surface area contributed by atoms with Crippen LogP contribution in [0.4, 0.5) is 5.82 Å². The minimum Gasteiger partial charge on any atom is -0.478 e. The van der Waals surface area contributed by atoms with E-state index < -0.39 is 0 Å². The van der Waals surface area contributed by atoms with E-state index in [1.165, 1.54) is 0 Å². The van der Waals surface area contributed by atoms with Gasteiger partial charge in [0.1, 0.15) is 11.3 Å². The molecule has 1 saturated heterocycles. The molecule has 1 amide bonds. The molecule has 0 spiro atoms. The van der Waals surface area contributed by atoms with Gasteiger partial charge in [0.15, 0.2) is 0 Å². The van der Waals surface area contributed by atoms with Crippen molar-refractivity contribution in [2.45, 2.75) is 6.42 Å². The van der Waals surface area contributed by atoms with E-state index >= 15 is 0 Å². The Morgan fingerprint density at radius 2 is 2.14 bits per heavy atom. The van der Waals surface area contributed by atoms with Crippen LogP contribution in [0.25, 0.3) is 11.0 Å². The lowest BCUT2D eigenvalue weighted by atomic mass is 10.2. The molecule has 0 atom stereocenters. The monoisotopic (exact) mass is 381 g/mol. The van der Waals surface area contributed by atoms with E-state index in [9.17, 15) is 4.79 Å². The summed E-state index contributed by atoms with van der Waals surface area (Å²) in [4.78, 5) is 26.6. The van der Waals surface area contributed by atoms with Crippen LogP contribution >= 0.6 is 0 Å². The molecular weight excluding hydrogens is 358 g/mol. The molecule has 0 radical (unpaired) electrons. The van der Waals surface area contributed by atoms with E-state index in [2.05, 4.69) is 25.2 Å². The molecule has 3 aromatic rings. The van der Waals surface area contributed by atoms with Gasteiger partial charge in [0, 0.05) is 38.1 Å². The Balaban J connectivity index is 1.37. The van der Waals surface area contributed by atoms with Crippen molar-refractivity contribution in [1.29, 1.82) is 0 Å². The van der Waals surface area contributed by atoms with Gasteiger partial charge in [-0.2, -0.15) is 0 Å². The predicted octanol–water partition coefficient (Wildman–Crippen LogP) is 2.31. The van der Waals surface area contributed by atoms with E-state index in [-0.39, 0.29) is 5.91 Å². The molecular formula is C20H23N5O3. The minimum absolute atomic E-state index is 0.262. The van der Waals surface area contributed by atoms with E-state index in [4.69, 9.17) is 9.47 Å².